The number of ketones is 1. The van der Waals surface area contributed by atoms with E-state index in [9.17, 15) is 4.79 Å². The summed E-state index contributed by atoms with van der Waals surface area (Å²) in [7, 11) is 1.90. The van der Waals surface area contributed by atoms with Crippen molar-refractivity contribution in [2.75, 3.05) is 7.05 Å². The summed E-state index contributed by atoms with van der Waals surface area (Å²) in [4.78, 5) is 13.6. The van der Waals surface area contributed by atoms with Gasteiger partial charge in [-0.3, -0.25) is 4.79 Å². The molecule has 3 nitrogen and oxygen atoms in total. The van der Waals surface area contributed by atoms with Gasteiger partial charge in [0.25, 0.3) is 5.78 Å². The molecule has 0 spiro atoms. The molecular formula is C13H18N2O. The van der Waals surface area contributed by atoms with Gasteiger partial charge >= 0.3 is 0 Å². The molecule has 0 amide bonds. The van der Waals surface area contributed by atoms with Gasteiger partial charge < -0.3 is 10.2 Å². The molecule has 1 aliphatic heterocycles. The molecule has 16 heavy (non-hydrogen) atoms. The van der Waals surface area contributed by atoms with E-state index in [0.717, 1.165) is 18.5 Å². The zero-order valence-electron chi connectivity index (χ0n) is 10.1. The average Bonchev–Trinajstić information content (AvgIpc) is 2.56. The predicted molar refractivity (Wildman–Crippen MR) is 65.3 cm³/mol. The minimum absolute atomic E-state index is 0.170. The lowest BCUT2D eigenvalue weighted by Crippen LogP contribution is -2.35. The van der Waals surface area contributed by atoms with Gasteiger partial charge in [-0.25, -0.2) is 0 Å². The van der Waals surface area contributed by atoms with Gasteiger partial charge in [0.05, 0.1) is 11.9 Å². The monoisotopic (exact) mass is 218 g/mol. The van der Waals surface area contributed by atoms with E-state index >= 15 is 0 Å². The van der Waals surface area contributed by atoms with Crippen molar-refractivity contribution in [2.24, 2.45) is 0 Å². The smallest absolute Gasteiger partial charge is 0.253 e. The van der Waals surface area contributed by atoms with Gasteiger partial charge in [-0.1, -0.05) is 19.4 Å². The summed E-state index contributed by atoms with van der Waals surface area (Å²) in [6.07, 6.45) is 11.2. The van der Waals surface area contributed by atoms with Crippen LogP contribution in [-0.4, -0.2) is 23.9 Å². The van der Waals surface area contributed by atoms with Crippen molar-refractivity contribution in [1.29, 1.82) is 0 Å². The van der Waals surface area contributed by atoms with Crippen molar-refractivity contribution in [2.45, 2.75) is 32.9 Å². The highest BCUT2D eigenvalue weighted by atomic mass is 16.1. The lowest BCUT2D eigenvalue weighted by Gasteiger charge is -2.22. The quantitative estimate of drug-likeness (QED) is 0.575. The Bertz CT molecular complexity index is 374. The first-order chi connectivity index (χ1) is 7.65. The topological polar surface area (TPSA) is 32.3 Å². The van der Waals surface area contributed by atoms with Crippen molar-refractivity contribution in [3.8, 4) is 12.3 Å². The lowest BCUT2D eigenvalue weighted by molar-refractivity contribution is -0.111. The van der Waals surface area contributed by atoms with Gasteiger partial charge in [0.1, 0.15) is 5.70 Å². The molecule has 0 aromatic carbocycles. The summed E-state index contributed by atoms with van der Waals surface area (Å²) < 4.78 is 0. The Morgan fingerprint density at radius 1 is 1.69 bits per heavy atom. The maximum atomic E-state index is 11.7. The van der Waals surface area contributed by atoms with E-state index in [1.54, 1.807) is 0 Å². The number of carbonyl (C=O) groups is 1. The molecule has 1 aliphatic rings. The van der Waals surface area contributed by atoms with Crippen LogP contribution in [0.2, 0.25) is 0 Å². The summed E-state index contributed by atoms with van der Waals surface area (Å²) in [6, 6.07) is 0. The van der Waals surface area contributed by atoms with Crippen LogP contribution in [0.25, 0.3) is 0 Å². The summed E-state index contributed by atoms with van der Waals surface area (Å²) in [5.41, 5.74) is 1.42. The number of likely N-dealkylation sites (N-methyl/N-ethyl adjacent to an activating group) is 1. The van der Waals surface area contributed by atoms with Crippen molar-refractivity contribution >= 4 is 5.78 Å². The van der Waals surface area contributed by atoms with E-state index in [2.05, 4.69) is 18.2 Å². The van der Waals surface area contributed by atoms with Crippen LogP contribution in [0.1, 0.15) is 26.7 Å². The largest absolute Gasteiger partial charge is 0.363 e. The third-order valence-electron chi connectivity index (χ3n) is 2.64. The Hall–Kier alpha value is -1.69. The Labute approximate surface area is 97.2 Å². The molecule has 0 saturated carbocycles. The maximum absolute atomic E-state index is 11.7. The number of hydrogen-bond acceptors (Lipinski definition) is 3. The zero-order valence-corrected chi connectivity index (χ0v) is 10.1. The summed E-state index contributed by atoms with van der Waals surface area (Å²) in [6.45, 7) is 4.03. The Morgan fingerprint density at radius 3 is 2.88 bits per heavy atom. The van der Waals surface area contributed by atoms with Crippen LogP contribution in [0.5, 0.6) is 0 Å². The lowest BCUT2D eigenvalue weighted by atomic mass is 10.2. The molecular weight excluding hydrogens is 200 g/mol. The molecule has 1 rings (SSSR count). The summed E-state index contributed by atoms with van der Waals surface area (Å²) >= 11 is 0. The van der Waals surface area contributed by atoms with Gasteiger partial charge in [0.15, 0.2) is 0 Å². The number of rotatable bonds is 4. The number of nitrogens with zero attached hydrogens (tertiary/aromatic N) is 1. The molecule has 0 saturated heterocycles. The molecule has 1 heterocycles. The minimum atomic E-state index is -0.262. The third-order valence-corrected chi connectivity index (χ3v) is 2.64. The number of Topliss-reactive ketones (excluding diaryl/α,β-unsaturated/α-hetero) is 1. The van der Waals surface area contributed by atoms with Crippen LogP contribution in [0.3, 0.4) is 0 Å². The maximum Gasteiger partial charge on any atom is 0.253 e. The fourth-order valence-corrected chi connectivity index (χ4v) is 1.87. The molecule has 86 valence electrons. The highest BCUT2D eigenvalue weighted by Crippen LogP contribution is 2.22. The molecule has 1 unspecified atom stereocenters. The van der Waals surface area contributed by atoms with E-state index in [1.807, 2.05) is 31.0 Å². The first kappa shape index (κ1) is 12.4. The molecule has 0 aromatic heterocycles. The number of hydrogen-bond donors (Lipinski definition) is 1. The second-order valence-corrected chi connectivity index (χ2v) is 3.80. The highest BCUT2D eigenvalue weighted by molar-refractivity contribution is 6.08. The van der Waals surface area contributed by atoms with Crippen LogP contribution in [0, 0.1) is 12.3 Å². The van der Waals surface area contributed by atoms with E-state index in [1.165, 1.54) is 0 Å². The first-order valence-corrected chi connectivity index (χ1v) is 5.53. The molecule has 1 N–H and O–H groups in total. The summed E-state index contributed by atoms with van der Waals surface area (Å²) in [5, 5.41) is 3.31. The molecule has 0 aliphatic carbocycles. The van der Waals surface area contributed by atoms with Crippen LogP contribution in [-0.2, 0) is 4.79 Å². The van der Waals surface area contributed by atoms with E-state index in [4.69, 9.17) is 6.42 Å². The first-order valence-electron chi connectivity index (χ1n) is 5.53. The minimum Gasteiger partial charge on any atom is -0.363 e. The fourth-order valence-electron chi connectivity index (χ4n) is 1.87. The van der Waals surface area contributed by atoms with Crippen LogP contribution >= 0.6 is 0 Å². The predicted octanol–water partition coefficient (Wildman–Crippen LogP) is 1.64. The number of terminal acetylenes is 1. The second kappa shape index (κ2) is 5.41. The van der Waals surface area contributed by atoms with Gasteiger partial charge in [0.2, 0.25) is 0 Å². The second-order valence-electron chi connectivity index (χ2n) is 3.80. The zero-order chi connectivity index (χ0) is 12.1. The van der Waals surface area contributed by atoms with E-state index < -0.39 is 0 Å². The SMILES string of the molecule is C#CC(=O)C1=C(/C=C\C)NC(CCC)N1C. The van der Waals surface area contributed by atoms with Crippen LogP contribution in [0.4, 0.5) is 0 Å². The molecule has 0 aromatic rings. The number of nitrogens with one attached hydrogen (secondary N) is 1. The van der Waals surface area contributed by atoms with Crippen LogP contribution < -0.4 is 5.32 Å². The van der Waals surface area contributed by atoms with Gasteiger partial charge in [0, 0.05) is 7.05 Å². The summed E-state index contributed by atoms with van der Waals surface area (Å²) in [5.74, 6) is 1.91. The number of carbonyl (C=O) groups excluding carboxylic acids is 1. The van der Waals surface area contributed by atoms with Gasteiger partial charge in [-0.15, -0.1) is 6.42 Å². The molecule has 0 radical (unpaired) electrons. The van der Waals surface area contributed by atoms with Crippen LogP contribution in [0.15, 0.2) is 23.5 Å². The third kappa shape index (κ3) is 2.27. The fraction of sp³-hybridized carbons (Fsp3) is 0.462. The van der Waals surface area contributed by atoms with Gasteiger partial charge in [-0.05, 0) is 25.3 Å². The number of allylic oxidation sites excluding steroid dienone is 3. The normalized spacial score (nSPS) is 20.1. The van der Waals surface area contributed by atoms with E-state index in [0.29, 0.717) is 5.70 Å². The highest BCUT2D eigenvalue weighted by Gasteiger charge is 2.29. The van der Waals surface area contributed by atoms with Crippen molar-refractivity contribution in [3.63, 3.8) is 0 Å². The molecule has 1 atom stereocenters. The van der Waals surface area contributed by atoms with E-state index in [-0.39, 0.29) is 11.9 Å². The molecule has 0 fully saturated rings. The average molecular weight is 218 g/mol. The van der Waals surface area contributed by atoms with Gasteiger partial charge in [-0.2, -0.15) is 0 Å². The Morgan fingerprint density at radius 2 is 2.38 bits per heavy atom. The molecule has 0 bridgehead atoms. The Balaban J connectivity index is 3.00. The van der Waals surface area contributed by atoms with Crippen molar-refractivity contribution < 1.29 is 4.79 Å². The Kier molecular flexibility index (Phi) is 4.19. The van der Waals surface area contributed by atoms with Crippen molar-refractivity contribution in [1.82, 2.24) is 10.2 Å². The van der Waals surface area contributed by atoms with Crippen molar-refractivity contribution in [3.05, 3.63) is 23.5 Å². The molecule has 3 heteroatoms. The standard InChI is InChI=1S/C13H18N2O/c1-5-8-10-13(11(16)7-3)15(4)12(14-10)9-6-2/h3,5,8,12,14H,6,9H2,1-2,4H3/b8-5-.